The molecule has 1 aliphatic heterocycles. The van der Waals surface area contributed by atoms with E-state index in [0.29, 0.717) is 24.2 Å². The third-order valence-corrected chi connectivity index (χ3v) is 4.07. The van der Waals surface area contributed by atoms with E-state index >= 15 is 0 Å². The van der Waals surface area contributed by atoms with Gasteiger partial charge < -0.3 is 10.1 Å². The van der Waals surface area contributed by atoms with E-state index < -0.39 is 0 Å². The predicted octanol–water partition coefficient (Wildman–Crippen LogP) is 1.67. The lowest BCUT2D eigenvalue weighted by atomic mass is 10.1. The number of ether oxygens (including phenoxy) is 1. The van der Waals surface area contributed by atoms with Crippen LogP contribution in [-0.2, 0) is 7.05 Å². The molecule has 0 saturated carbocycles. The Morgan fingerprint density at radius 2 is 2.23 bits per heavy atom. The van der Waals surface area contributed by atoms with Gasteiger partial charge in [0.25, 0.3) is 0 Å². The largest absolute Gasteiger partial charge is 0.481 e. The highest BCUT2D eigenvalue weighted by Crippen LogP contribution is 2.23. The maximum absolute atomic E-state index is 11.9. The Morgan fingerprint density at radius 3 is 2.77 bits per heavy atom. The zero-order valence-corrected chi connectivity index (χ0v) is 14.1. The van der Waals surface area contributed by atoms with E-state index in [4.69, 9.17) is 4.74 Å². The van der Waals surface area contributed by atoms with Gasteiger partial charge in [-0.15, -0.1) is 0 Å². The van der Waals surface area contributed by atoms with Gasteiger partial charge in [0, 0.05) is 31.7 Å². The summed E-state index contributed by atoms with van der Waals surface area (Å²) in [4.78, 5) is 14.4. The summed E-state index contributed by atoms with van der Waals surface area (Å²) in [6.45, 7) is 9.48. The molecular weight excluding hydrogens is 282 g/mol. The molecule has 1 aromatic rings. The minimum absolute atomic E-state index is 0.196. The van der Waals surface area contributed by atoms with Gasteiger partial charge in [-0.1, -0.05) is 0 Å². The summed E-state index contributed by atoms with van der Waals surface area (Å²) < 4.78 is 6.69. The van der Waals surface area contributed by atoms with Crippen LogP contribution in [-0.4, -0.2) is 53.0 Å². The Bertz CT molecular complexity index is 520. The Balaban J connectivity index is 1.76. The number of anilines is 1. The van der Waals surface area contributed by atoms with Crippen LogP contribution in [0, 0.1) is 5.92 Å². The Hall–Kier alpha value is -1.76. The predicted molar refractivity (Wildman–Crippen MR) is 86.2 cm³/mol. The second-order valence-corrected chi connectivity index (χ2v) is 6.80. The zero-order chi connectivity index (χ0) is 16.3. The molecule has 1 fully saturated rings. The molecule has 124 valence electrons. The van der Waals surface area contributed by atoms with Crippen molar-refractivity contribution in [1.82, 2.24) is 20.0 Å². The molecular formula is C15H27N5O2. The van der Waals surface area contributed by atoms with Crippen LogP contribution in [0.15, 0.2) is 6.07 Å². The summed E-state index contributed by atoms with van der Waals surface area (Å²) in [5.74, 6) is 1.59. The molecule has 0 bridgehead atoms. The second-order valence-electron chi connectivity index (χ2n) is 6.80. The molecule has 1 aromatic heterocycles. The topological polar surface area (TPSA) is 71.4 Å². The molecule has 0 aromatic carbocycles. The van der Waals surface area contributed by atoms with Crippen molar-refractivity contribution in [2.75, 3.05) is 32.1 Å². The fraction of sp³-hybridized carbons (Fsp3) is 0.733. The minimum Gasteiger partial charge on any atom is -0.481 e. The number of carbonyl (C=O) groups is 1. The monoisotopic (exact) mass is 309 g/mol. The van der Waals surface area contributed by atoms with Crippen LogP contribution < -0.4 is 15.4 Å². The fourth-order valence-corrected chi connectivity index (χ4v) is 2.71. The number of urea groups is 1. The standard InChI is InChI=1S/C15H27N5O2/c1-15(2,3)20-7-6-11(10-20)9-16-14(21)17-12-8-13(22-5)19(4)18-12/h8,11H,6-7,9-10H2,1-5H3,(H2,16,17,18,21). The number of amides is 2. The van der Waals surface area contributed by atoms with E-state index in [1.807, 2.05) is 0 Å². The summed E-state index contributed by atoms with van der Waals surface area (Å²) >= 11 is 0. The molecule has 22 heavy (non-hydrogen) atoms. The SMILES string of the molecule is COc1cc(NC(=O)NCC2CCN(C(C)(C)C)C2)nn1C. The van der Waals surface area contributed by atoms with E-state index in [9.17, 15) is 4.79 Å². The molecule has 1 aliphatic rings. The molecule has 2 N–H and O–H groups in total. The quantitative estimate of drug-likeness (QED) is 0.887. The van der Waals surface area contributed by atoms with E-state index in [1.165, 1.54) is 0 Å². The summed E-state index contributed by atoms with van der Waals surface area (Å²) in [6.07, 6.45) is 1.12. The molecule has 2 heterocycles. The molecule has 0 spiro atoms. The average molecular weight is 309 g/mol. The van der Waals surface area contributed by atoms with E-state index in [1.54, 1.807) is 24.9 Å². The van der Waals surface area contributed by atoms with Gasteiger partial charge in [0.05, 0.1) is 7.11 Å². The Morgan fingerprint density at radius 1 is 1.50 bits per heavy atom. The minimum atomic E-state index is -0.227. The van der Waals surface area contributed by atoms with Crippen LogP contribution in [0.1, 0.15) is 27.2 Å². The first-order chi connectivity index (χ1) is 10.3. The highest BCUT2D eigenvalue weighted by molar-refractivity contribution is 5.88. The number of rotatable bonds is 4. The molecule has 0 radical (unpaired) electrons. The van der Waals surface area contributed by atoms with Crippen molar-refractivity contribution in [2.45, 2.75) is 32.7 Å². The first-order valence-electron chi connectivity index (χ1n) is 7.67. The molecule has 1 unspecified atom stereocenters. The van der Waals surface area contributed by atoms with E-state index in [2.05, 4.69) is 41.4 Å². The first-order valence-corrected chi connectivity index (χ1v) is 7.67. The molecule has 1 saturated heterocycles. The van der Waals surface area contributed by atoms with E-state index in [0.717, 1.165) is 19.5 Å². The number of aryl methyl sites for hydroxylation is 1. The van der Waals surface area contributed by atoms with Crippen LogP contribution in [0.2, 0.25) is 0 Å². The highest BCUT2D eigenvalue weighted by Gasteiger charge is 2.30. The Labute approximate surface area is 132 Å². The Kier molecular flexibility index (Phi) is 4.95. The van der Waals surface area contributed by atoms with Crippen molar-refractivity contribution in [3.63, 3.8) is 0 Å². The van der Waals surface area contributed by atoms with Crippen molar-refractivity contribution in [1.29, 1.82) is 0 Å². The number of carbonyl (C=O) groups excluding carboxylic acids is 1. The number of nitrogens with zero attached hydrogens (tertiary/aromatic N) is 3. The summed E-state index contributed by atoms with van der Waals surface area (Å²) in [7, 11) is 3.34. The highest BCUT2D eigenvalue weighted by atomic mass is 16.5. The van der Waals surface area contributed by atoms with Gasteiger partial charge >= 0.3 is 6.03 Å². The maximum Gasteiger partial charge on any atom is 0.320 e. The normalized spacial score (nSPS) is 19.2. The van der Waals surface area contributed by atoms with Crippen LogP contribution >= 0.6 is 0 Å². The van der Waals surface area contributed by atoms with Crippen LogP contribution in [0.4, 0.5) is 10.6 Å². The number of hydrogen-bond donors (Lipinski definition) is 2. The van der Waals surface area contributed by atoms with E-state index in [-0.39, 0.29) is 11.6 Å². The smallest absolute Gasteiger partial charge is 0.320 e. The van der Waals surface area contributed by atoms with Crippen molar-refractivity contribution in [3.05, 3.63) is 6.07 Å². The molecule has 0 aliphatic carbocycles. The summed E-state index contributed by atoms with van der Waals surface area (Å²) in [5, 5.41) is 9.81. The van der Waals surface area contributed by atoms with Crippen LogP contribution in [0.5, 0.6) is 5.88 Å². The summed E-state index contributed by atoms with van der Waals surface area (Å²) in [6, 6.07) is 1.46. The number of hydrogen-bond acceptors (Lipinski definition) is 4. The van der Waals surface area contributed by atoms with Crippen molar-refractivity contribution >= 4 is 11.8 Å². The first kappa shape index (κ1) is 16.6. The molecule has 2 rings (SSSR count). The van der Waals surface area contributed by atoms with Crippen LogP contribution in [0.3, 0.4) is 0 Å². The molecule has 7 heteroatoms. The van der Waals surface area contributed by atoms with Crippen molar-refractivity contribution in [3.8, 4) is 5.88 Å². The lowest BCUT2D eigenvalue weighted by molar-refractivity contribution is 0.168. The third-order valence-electron chi connectivity index (χ3n) is 4.07. The van der Waals surface area contributed by atoms with Gasteiger partial charge in [-0.3, -0.25) is 10.2 Å². The van der Waals surface area contributed by atoms with Crippen molar-refractivity contribution in [2.24, 2.45) is 13.0 Å². The number of likely N-dealkylation sites (tertiary alicyclic amines) is 1. The fourth-order valence-electron chi connectivity index (χ4n) is 2.71. The number of methoxy groups -OCH3 is 1. The van der Waals surface area contributed by atoms with Gasteiger partial charge in [0.15, 0.2) is 5.82 Å². The molecule has 7 nitrogen and oxygen atoms in total. The maximum atomic E-state index is 11.9. The number of aromatic nitrogens is 2. The molecule has 2 amide bonds. The van der Waals surface area contributed by atoms with Gasteiger partial charge in [0.1, 0.15) is 0 Å². The van der Waals surface area contributed by atoms with Gasteiger partial charge in [-0.2, -0.15) is 5.10 Å². The number of nitrogens with one attached hydrogen (secondary N) is 2. The molecule has 1 atom stereocenters. The van der Waals surface area contributed by atoms with Crippen molar-refractivity contribution < 1.29 is 9.53 Å². The lowest BCUT2D eigenvalue weighted by Gasteiger charge is -2.31. The zero-order valence-electron chi connectivity index (χ0n) is 14.1. The second kappa shape index (κ2) is 6.56. The average Bonchev–Trinajstić information content (AvgIpc) is 3.02. The van der Waals surface area contributed by atoms with Gasteiger partial charge in [-0.25, -0.2) is 9.48 Å². The third kappa shape index (κ3) is 4.13. The lowest BCUT2D eigenvalue weighted by Crippen LogP contribution is -2.40. The van der Waals surface area contributed by atoms with Gasteiger partial charge in [0.2, 0.25) is 5.88 Å². The van der Waals surface area contributed by atoms with Crippen LogP contribution in [0.25, 0.3) is 0 Å². The van der Waals surface area contributed by atoms with Gasteiger partial charge in [-0.05, 0) is 39.7 Å². The summed E-state index contributed by atoms with van der Waals surface area (Å²) in [5.41, 5.74) is 0.196.